The monoisotopic (exact) mass is 402 g/mol. The molecule has 0 atom stereocenters. The minimum Gasteiger partial charge on any atom is -0.495 e. The lowest BCUT2D eigenvalue weighted by Crippen LogP contribution is -2.46. The molecule has 1 N–H and O–H groups in total. The van der Waals surface area contributed by atoms with E-state index in [-0.39, 0.29) is 6.03 Å². The van der Waals surface area contributed by atoms with Crippen LogP contribution in [0.2, 0.25) is 0 Å². The van der Waals surface area contributed by atoms with Gasteiger partial charge in [0.05, 0.1) is 25.5 Å². The quantitative estimate of drug-likeness (QED) is 0.690. The van der Waals surface area contributed by atoms with Crippen LogP contribution in [0.25, 0.3) is 0 Å². The van der Waals surface area contributed by atoms with Crippen LogP contribution in [0.5, 0.6) is 5.75 Å². The normalized spacial score (nSPS) is 15.7. The predicted molar refractivity (Wildman–Crippen MR) is 113 cm³/mol. The van der Waals surface area contributed by atoms with E-state index in [2.05, 4.69) is 20.3 Å². The fourth-order valence-corrected chi connectivity index (χ4v) is 3.59. The third-order valence-electron chi connectivity index (χ3n) is 5.29. The van der Waals surface area contributed by atoms with Crippen LogP contribution in [0.3, 0.4) is 0 Å². The number of fused-ring (bicyclic) bond motifs is 1. The number of pyridine rings is 1. The summed E-state index contributed by atoms with van der Waals surface area (Å²) >= 11 is 0. The van der Waals surface area contributed by atoms with E-state index in [9.17, 15) is 4.79 Å². The molecule has 0 bridgehead atoms. The number of hydrogen-bond donors (Lipinski definition) is 1. The third-order valence-corrected chi connectivity index (χ3v) is 5.29. The summed E-state index contributed by atoms with van der Waals surface area (Å²) in [7, 11) is 1.60. The van der Waals surface area contributed by atoms with E-state index in [4.69, 9.17) is 4.74 Å². The zero-order chi connectivity index (χ0) is 20.7. The van der Waals surface area contributed by atoms with Gasteiger partial charge < -0.3 is 15.0 Å². The van der Waals surface area contributed by atoms with Crippen LogP contribution >= 0.6 is 0 Å². The molecule has 1 saturated carbocycles. The van der Waals surface area contributed by atoms with Gasteiger partial charge in [-0.25, -0.2) is 19.7 Å². The molecule has 8 nitrogen and oxygen atoms in total. The largest absolute Gasteiger partial charge is 0.495 e. The van der Waals surface area contributed by atoms with Crippen molar-refractivity contribution in [2.24, 2.45) is 0 Å². The van der Waals surface area contributed by atoms with E-state index < -0.39 is 0 Å². The molecule has 8 heteroatoms. The lowest BCUT2D eigenvalue weighted by atomic mass is 10.1. The molecule has 3 aromatic rings. The first kappa shape index (κ1) is 18.4. The molecule has 0 radical (unpaired) electrons. The molecule has 1 aliphatic heterocycles. The maximum Gasteiger partial charge on any atom is 0.330 e. The number of nitrogens with one attached hydrogen (secondary N) is 1. The summed E-state index contributed by atoms with van der Waals surface area (Å²) in [6, 6.07) is 11.8. The van der Waals surface area contributed by atoms with Crippen LogP contribution in [0, 0.1) is 6.92 Å². The lowest BCUT2D eigenvalue weighted by molar-refractivity contribution is 0.198. The van der Waals surface area contributed by atoms with Gasteiger partial charge in [0.1, 0.15) is 11.6 Å². The first-order valence-corrected chi connectivity index (χ1v) is 9.93. The molecule has 0 spiro atoms. The molecule has 152 valence electrons. The number of aryl methyl sites for hydroxylation is 1. The Morgan fingerprint density at radius 2 is 2.00 bits per heavy atom. The molecule has 1 fully saturated rings. The molecular formula is C22H22N6O2. The van der Waals surface area contributed by atoms with Gasteiger partial charge >= 0.3 is 6.03 Å². The molecule has 1 aromatic carbocycles. The van der Waals surface area contributed by atoms with E-state index >= 15 is 0 Å². The third kappa shape index (κ3) is 3.41. The number of nitrogens with zero attached hydrogens (tertiary/aromatic N) is 5. The molecule has 1 aliphatic carbocycles. The second-order valence-corrected chi connectivity index (χ2v) is 7.57. The number of benzene rings is 1. The Morgan fingerprint density at radius 1 is 1.13 bits per heavy atom. The summed E-state index contributed by atoms with van der Waals surface area (Å²) < 4.78 is 5.14. The van der Waals surface area contributed by atoms with Crippen molar-refractivity contribution in [2.45, 2.75) is 32.4 Å². The highest BCUT2D eigenvalue weighted by atomic mass is 16.5. The fraction of sp³-hybridized carbons (Fsp3) is 0.273. The summed E-state index contributed by atoms with van der Waals surface area (Å²) in [6.07, 6.45) is 5.51. The summed E-state index contributed by atoms with van der Waals surface area (Å²) in [4.78, 5) is 30.4. The van der Waals surface area contributed by atoms with E-state index in [0.29, 0.717) is 35.9 Å². The van der Waals surface area contributed by atoms with Gasteiger partial charge in [-0.05, 0) is 49.6 Å². The van der Waals surface area contributed by atoms with Gasteiger partial charge in [0, 0.05) is 17.8 Å². The second-order valence-electron chi connectivity index (χ2n) is 7.57. The van der Waals surface area contributed by atoms with Gasteiger partial charge in [0.15, 0.2) is 5.82 Å². The molecule has 30 heavy (non-hydrogen) atoms. The highest BCUT2D eigenvalue weighted by molar-refractivity contribution is 6.01. The predicted octanol–water partition coefficient (Wildman–Crippen LogP) is 4.17. The first-order valence-electron chi connectivity index (χ1n) is 9.93. The highest BCUT2D eigenvalue weighted by Crippen LogP contribution is 2.39. The molecule has 5 rings (SSSR count). The Balaban J connectivity index is 1.52. The molecule has 3 heterocycles. The van der Waals surface area contributed by atoms with Crippen molar-refractivity contribution < 1.29 is 9.53 Å². The molecule has 2 aliphatic rings. The Hall–Kier alpha value is -3.68. The van der Waals surface area contributed by atoms with Gasteiger partial charge in [-0.3, -0.25) is 0 Å². The van der Waals surface area contributed by atoms with Crippen LogP contribution in [-0.2, 0) is 6.54 Å². The van der Waals surface area contributed by atoms with Gasteiger partial charge in [-0.15, -0.1) is 0 Å². The number of hydrogen-bond acceptors (Lipinski definition) is 6. The first-order chi connectivity index (χ1) is 14.6. The standard InChI is InChI=1S/C22H22N6O2/c1-14-4-3-5-17(10-14)28-20-15(13-27(22(28)29)16-6-7-16)11-24-21(26-20)25-19-9-8-18(30-2)12-23-19/h3-5,8-12,16H,6-7,13H2,1-2H3,(H,23,24,25,26). The van der Waals surface area contributed by atoms with Crippen LogP contribution in [0.15, 0.2) is 48.8 Å². The van der Waals surface area contributed by atoms with Crippen molar-refractivity contribution in [3.8, 4) is 5.75 Å². The molecule has 2 aromatic heterocycles. The number of urea groups is 1. The number of rotatable bonds is 5. The number of aromatic nitrogens is 3. The number of carbonyl (C=O) groups is 1. The van der Waals surface area contributed by atoms with Crippen molar-refractivity contribution in [1.82, 2.24) is 19.9 Å². The van der Waals surface area contributed by atoms with Gasteiger partial charge in [0.25, 0.3) is 0 Å². The summed E-state index contributed by atoms with van der Waals surface area (Å²) in [5.74, 6) is 2.26. The van der Waals surface area contributed by atoms with Crippen LogP contribution in [-0.4, -0.2) is 39.0 Å². The van der Waals surface area contributed by atoms with Gasteiger partial charge in [-0.1, -0.05) is 12.1 Å². The van der Waals surface area contributed by atoms with Gasteiger partial charge in [-0.2, -0.15) is 4.98 Å². The number of anilines is 4. The lowest BCUT2D eigenvalue weighted by Gasteiger charge is -2.36. The zero-order valence-electron chi connectivity index (χ0n) is 16.9. The van der Waals surface area contributed by atoms with E-state index in [1.807, 2.05) is 42.2 Å². The maximum absolute atomic E-state index is 13.4. The van der Waals surface area contributed by atoms with Crippen molar-refractivity contribution in [1.29, 1.82) is 0 Å². The van der Waals surface area contributed by atoms with Crippen LogP contribution < -0.4 is 15.0 Å². The Labute approximate surface area is 174 Å². The minimum absolute atomic E-state index is 0.0391. The molecule has 0 saturated heterocycles. The van der Waals surface area contributed by atoms with E-state index in [0.717, 1.165) is 29.7 Å². The van der Waals surface area contributed by atoms with Gasteiger partial charge in [0.2, 0.25) is 5.95 Å². The summed E-state index contributed by atoms with van der Waals surface area (Å²) in [6.45, 7) is 2.54. The fourth-order valence-electron chi connectivity index (χ4n) is 3.59. The Bertz CT molecular complexity index is 1100. The molecule has 2 amide bonds. The molecule has 0 unspecified atom stereocenters. The number of ether oxygens (including phenoxy) is 1. The van der Waals surface area contributed by atoms with Crippen molar-refractivity contribution in [3.05, 3.63) is 59.9 Å². The van der Waals surface area contributed by atoms with E-state index in [1.54, 1.807) is 30.5 Å². The average Bonchev–Trinajstić information content (AvgIpc) is 3.59. The average molecular weight is 402 g/mol. The smallest absolute Gasteiger partial charge is 0.330 e. The number of amides is 2. The van der Waals surface area contributed by atoms with Crippen LogP contribution in [0.1, 0.15) is 24.0 Å². The Morgan fingerprint density at radius 3 is 2.70 bits per heavy atom. The maximum atomic E-state index is 13.4. The highest BCUT2D eigenvalue weighted by Gasteiger charge is 2.41. The second kappa shape index (κ2) is 7.29. The summed E-state index contributed by atoms with van der Waals surface area (Å²) in [5.41, 5.74) is 2.82. The van der Waals surface area contributed by atoms with Crippen molar-refractivity contribution in [2.75, 3.05) is 17.3 Å². The van der Waals surface area contributed by atoms with E-state index in [1.165, 1.54) is 0 Å². The zero-order valence-corrected chi connectivity index (χ0v) is 16.9. The SMILES string of the molecule is COc1ccc(Nc2ncc3c(n2)N(c2cccc(C)c2)C(=O)N(C2CC2)C3)nc1. The van der Waals surface area contributed by atoms with Crippen LogP contribution in [0.4, 0.5) is 28.1 Å². The van der Waals surface area contributed by atoms with Crippen molar-refractivity contribution >= 4 is 29.3 Å². The van der Waals surface area contributed by atoms with Crippen molar-refractivity contribution in [3.63, 3.8) is 0 Å². The minimum atomic E-state index is -0.0391. The molecular weight excluding hydrogens is 380 g/mol. The number of carbonyl (C=O) groups excluding carboxylic acids is 1. The number of methoxy groups -OCH3 is 1. The topological polar surface area (TPSA) is 83.5 Å². The Kier molecular flexibility index (Phi) is 4.46. The summed E-state index contributed by atoms with van der Waals surface area (Å²) in [5, 5.41) is 3.11.